The molecule has 2 aromatic rings. The van der Waals surface area contributed by atoms with Gasteiger partial charge in [-0.05, 0) is 35.9 Å². The van der Waals surface area contributed by atoms with Crippen molar-refractivity contribution in [2.75, 3.05) is 50.6 Å². The Bertz CT molecular complexity index is 946. The van der Waals surface area contributed by atoms with E-state index in [1.807, 2.05) is 55.5 Å². The minimum absolute atomic E-state index is 0.225. The molecular formula is C23H27N5O2. The summed E-state index contributed by atoms with van der Waals surface area (Å²) in [6, 6.07) is 9.65. The van der Waals surface area contributed by atoms with E-state index in [1.165, 1.54) is 12.3 Å². The molecule has 0 saturated carbocycles. The Morgan fingerprint density at radius 3 is 2.80 bits per heavy atom. The predicted molar refractivity (Wildman–Crippen MR) is 122 cm³/mol. The second kappa shape index (κ2) is 10.4. The molecule has 1 aromatic heterocycles. The molecule has 2 heterocycles. The van der Waals surface area contributed by atoms with Crippen molar-refractivity contribution < 1.29 is 9.53 Å². The highest BCUT2D eigenvalue weighted by Gasteiger charge is 2.12. The molecule has 0 bridgehead atoms. The van der Waals surface area contributed by atoms with Crippen LogP contribution in [0.15, 0.2) is 55.0 Å². The van der Waals surface area contributed by atoms with Gasteiger partial charge in [-0.3, -0.25) is 9.78 Å². The largest absolute Gasteiger partial charge is 0.383 e. The molecule has 1 aromatic carbocycles. The van der Waals surface area contributed by atoms with Crippen LogP contribution in [0.25, 0.3) is 11.6 Å². The second-order valence-electron chi connectivity index (χ2n) is 7.13. The number of nitrogens with one attached hydrogen (secondary N) is 2. The van der Waals surface area contributed by atoms with E-state index < -0.39 is 0 Å². The number of allylic oxidation sites excluding steroid dienone is 1. The summed E-state index contributed by atoms with van der Waals surface area (Å²) in [5.41, 5.74) is 4.16. The Morgan fingerprint density at radius 2 is 2.07 bits per heavy atom. The molecule has 0 atom stereocenters. The van der Waals surface area contributed by atoms with Crippen LogP contribution in [-0.4, -0.2) is 62.4 Å². The number of anilines is 2. The van der Waals surface area contributed by atoms with E-state index in [-0.39, 0.29) is 5.91 Å². The smallest absolute Gasteiger partial charge is 0.248 e. The first-order chi connectivity index (χ1) is 14.6. The van der Waals surface area contributed by atoms with E-state index in [4.69, 9.17) is 10.1 Å². The quantitative estimate of drug-likeness (QED) is 0.546. The lowest BCUT2D eigenvalue weighted by molar-refractivity contribution is -0.111. The number of benzene rings is 1. The van der Waals surface area contributed by atoms with Crippen molar-refractivity contribution in [3.05, 3.63) is 66.1 Å². The summed E-state index contributed by atoms with van der Waals surface area (Å²) in [5.74, 6) is -0.225. The molecule has 1 aliphatic rings. The van der Waals surface area contributed by atoms with Gasteiger partial charge in [0.15, 0.2) is 0 Å². The van der Waals surface area contributed by atoms with Gasteiger partial charge in [0.05, 0.1) is 13.2 Å². The first-order valence-electron chi connectivity index (χ1n) is 9.82. The summed E-state index contributed by atoms with van der Waals surface area (Å²) in [6.07, 6.45) is 9.72. The molecule has 0 aliphatic carbocycles. The Balaban J connectivity index is 1.72. The van der Waals surface area contributed by atoms with Crippen molar-refractivity contribution in [3.8, 4) is 0 Å². The second-order valence-corrected chi connectivity index (χ2v) is 7.13. The van der Waals surface area contributed by atoms with Crippen molar-refractivity contribution >= 4 is 35.1 Å². The first kappa shape index (κ1) is 21.3. The van der Waals surface area contributed by atoms with Gasteiger partial charge in [0.1, 0.15) is 0 Å². The number of amides is 1. The summed E-state index contributed by atoms with van der Waals surface area (Å²) in [5, 5.41) is 10.6. The molecule has 1 saturated heterocycles. The number of morpholine rings is 1. The topological polar surface area (TPSA) is 81.5 Å². The molecule has 7 nitrogen and oxygen atoms in total. The van der Waals surface area contributed by atoms with E-state index in [0.717, 1.165) is 41.2 Å². The molecule has 2 N–H and O–H groups in total. The molecule has 0 unspecified atom stereocenters. The average molecular weight is 406 g/mol. The van der Waals surface area contributed by atoms with Crippen LogP contribution < -0.4 is 10.2 Å². The van der Waals surface area contributed by atoms with Crippen LogP contribution in [0.2, 0.25) is 0 Å². The number of aromatic nitrogens is 1. The highest BCUT2D eigenvalue weighted by atomic mass is 16.5. The fourth-order valence-electron chi connectivity index (χ4n) is 3.22. The monoisotopic (exact) mass is 405 g/mol. The SMILES string of the molecule is CN(C)/C=C(\C=N)c1ccncc1/C=C/C(=O)Nc1cccc(N2CCOCC2)c1. The van der Waals surface area contributed by atoms with Gasteiger partial charge >= 0.3 is 0 Å². The highest BCUT2D eigenvalue weighted by molar-refractivity contribution is 6.10. The Labute approximate surface area is 177 Å². The minimum atomic E-state index is -0.225. The van der Waals surface area contributed by atoms with E-state index in [1.54, 1.807) is 18.5 Å². The van der Waals surface area contributed by atoms with Gasteiger partial charge in [0.2, 0.25) is 5.91 Å². The zero-order valence-corrected chi connectivity index (χ0v) is 17.3. The predicted octanol–water partition coefficient (Wildman–Crippen LogP) is 3.12. The molecule has 30 heavy (non-hydrogen) atoms. The van der Waals surface area contributed by atoms with Crippen LogP contribution in [0.1, 0.15) is 11.1 Å². The first-order valence-corrected chi connectivity index (χ1v) is 9.82. The maximum absolute atomic E-state index is 12.5. The minimum Gasteiger partial charge on any atom is -0.383 e. The highest BCUT2D eigenvalue weighted by Crippen LogP contribution is 2.21. The molecule has 0 spiro atoms. The van der Waals surface area contributed by atoms with Gasteiger partial charge in [0, 0.05) is 80.6 Å². The van der Waals surface area contributed by atoms with Crippen molar-refractivity contribution in [2.24, 2.45) is 0 Å². The lowest BCUT2D eigenvalue weighted by Gasteiger charge is -2.29. The molecule has 1 fully saturated rings. The van der Waals surface area contributed by atoms with Crippen LogP contribution in [-0.2, 0) is 9.53 Å². The summed E-state index contributed by atoms with van der Waals surface area (Å²) < 4.78 is 5.40. The lowest BCUT2D eigenvalue weighted by atomic mass is 10.0. The van der Waals surface area contributed by atoms with Gasteiger partial charge in [-0.1, -0.05) is 6.07 Å². The summed E-state index contributed by atoms with van der Waals surface area (Å²) in [4.78, 5) is 20.8. The maximum atomic E-state index is 12.5. The maximum Gasteiger partial charge on any atom is 0.248 e. The van der Waals surface area contributed by atoms with Gasteiger partial charge in [-0.25, -0.2) is 0 Å². The van der Waals surface area contributed by atoms with Crippen molar-refractivity contribution in [2.45, 2.75) is 0 Å². The Morgan fingerprint density at radius 1 is 1.27 bits per heavy atom. The van der Waals surface area contributed by atoms with E-state index in [2.05, 4.69) is 15.2 Å². The summed E-state index contributed by atoms with van der Waals surface area (Å²) in [7, 11) is 3.80. The van der Waals surface area contributed by atoms with E-state index in [9.17, 15) is 4.79 Å². The van der Waals surface area contributed by atoms with E-state index >= 15 is 0 Å². The van der Waals surface area contributed by atoms with Gasteiger partial charge in [-0.15, -0.1) is 0 Å². The van der Waals surface area contributed by atoms with Crippen LogP contribution in [0.4, 0.5) is 11.4 Å². The zero-order chi connectivity index (χ0) is 21.3. The van der Waals surface area contributed by atoms with Gasteiger partial charge in [-0.2, -0.15) is 0 Å². The molecule has 1 amide bonds. The Kier molecular flexibility index (Phi) is 7.34. The number of rotatable bonds is 7. The number of ether oxygens (including phenoxy) is 1. The molecule has 7 heteroatoms. The number of hydrogen-bond acceptors (Lipinski definition) is 6. The van der Waals surface area contributed by atoms with Crippen LogP contribution >= 0.6 is 0 Å². The number of hydrogen-bond donors (Lipinski definition) is 2. The normalized spacial score (nSPS) is 14.6. The van der Waals surface area contributed by atoms with E-state index in [0.29, 0.717) is 13.2 Å². The van der Waals surface area contributed by atoms with Crippen molar-refractivity contribution in [1.29, 1.82) is 5.41 Å². The molecule has 3 rings (SSSR count). The zero-order valence-electron chi connectivity index (χ0n) is 17.3. The molecule has 1 aliphatic heterocycles. The van der Waals surface area contributed by atoms with Gasteiger partial charge in [0.25, 0.3) is 0 Å². The van der Waals surface area contributed by atoms with Crippen LogP contribution in [0.5, 0.6) is 0 Å². The Hall–Kier alpha value is -3.45. The van der Waals surface area contributed by atoms with Crippen LogP contribution in [0, 0.1) is 5.41 Å². The number of nitrogens with zero attached hydrogens (tertiary/aromatic N) is 3. The van der Waals surface area contributed by atoms with Crippen LogP contribution in [0.3, 0.4) is 0 Å². The molecule has 0 radical (unpaired) electrons. The third-order valence-electron chi connectivity index (χ3n) is 4.62. The average Bonchev–Trinajstić information content (AvgIpc) is 2.77. The molecule has 156 valence electrons. The number of pyridine rings is 1. The lowest BCUT2D eigenvalue weighted by Crippen LogP contribution is -2.36. The third-order valence-corrected chi connectivity index (χ3v) is 4.62. The van der Waals surface area contributed by atoms with Gasteiger partial charge < -0.3 is 25.3 Å². The molecular weight excluding hydrogens is 378 g/mol. The van der Waals surface area contributed by atoms with Crippen molar-refractivity contribution in [3.63, 3.8) is 0 Å². The fourth-order valence-corrected chi connectivity index (χ4v) is 3.22. The van der Waals surface area contributed by atoms with Crippen molar-refractivity contribution in [1.82, 2.24) is 9.88 Å². The standard InChI is InChI=1S/C23H27N5O2/c1-27(2)17-19(15-24)22-8-9-25-16-18(22)6-7-23(29)26-20-4-3-5-21(14-20)28-10-12-30-13-11-28/h3-9,14-17,24H,10-13H2,1-2H3,(H,26,29)/b7-6+,19-17+,24-15?. The third kappa shape index (κ3) is 5.78. The number of carbonyl (C=O) groups excluding carboxylic acids is 1. The number of carbonyl (C=O) groups is 1. The summed E-state index contributed by atoms with van der Waals surface area (Å²) >= 11 is 0. The summed E-state index contributed by atoms with van der Waals surface area (Å²) in [6.45, 7) is 3.12. The fraction of sp³-hybridized carbons (Fsp3) is 0.261.